The first kappa shape index (κ1) is 17.3. The molecule has 0 radical (unpaired) electrons. The molecule has 7 nitrogen and oxygen atoms in total. The molecule has 0 atom stereocenters. The summed E-state index contributed by atoms with van der Waals surface area (Å²) in [5.74, 6) is -0.364. The second kappa shape index (κ2) is 7.60. The van der Waals surface area contributed by atoms with Crippen LogP contribution in [0.1, 0.15) is 36.0 Å². The van der Waals surface area contributed by atoms with Crippen molar-refractivity contribution in [2.24, 2.45) is 0 Å². The number of nitrogens with one attached hydrogen (secondary N) is 1. The van der Waals surface area contributed by atoms with Crippen molar-refractivity contribution in [3.63, 3.8) is 0 Å². The van der Waals surface area contributed by atoms with Crippen molar-refractivity contribution in [1.29, 1.82) is 0 Å². The predicted molar refractivity (Wildman–Crippen MR) is 86.8 cm³/mol. The quantitative estimate of drug-likeness (QED) is 0.806. The number of morpholine rings is 1. The standard InChI is InChI=1S/C16H22N2O5S/c19-16(17-23-14-3-1-2-4-14)13-5-7-15(8-6-13)24(20,21)18-9-11-22-12-10-18/h5-8,14H,1-4,9-12H2,(H,17,19). The number of hydrogen-bond acceptors (Lipinski definition) is 5. The Morgan fingerprint density at radius 3 is 2.38 bits per heavy atom. The van der Waals surface area contributed by atoms with E-state index in [4.69, 9.17) is 9.57 Å². The van der Waals surface area contributed by atoms with E-state index in [0.717, 1.165) is 25.7 Å². The minimum atomic E-state index is -3.54. The first-order chi connectivity index (χ1) is 11.6. The molecule has 2 fully saturated rings. The van der Waals surface area contributed by atoms with Gasteiger partial charge in [-0.3, -0.25) is 9.63 Å². The molecule has 1 aliphatic heterocycles. The SMILES string of the molecule is O=C(NOC1CCCC1)c1ccc(S(=O)(=O)N2CCOCC2)cc1. The molecule has 2 aliphatic rings. The fraction of sp³-hybridized carbons (Fsp3) is 0.562. The van der Waals surface area contributed by atoms with E-state index in [1.165, 1.54) is 28.6 Å². The van der Waals surface area contributed by atoms with Crippen molar-refractivity contribution < 1.29 is 22.8 Å². The van der Waals surface area contributed by atoms with Crippen molar-refractivity contribution in [3.8, 4) is 0 Å². The Labute approximate surface area is 141 Å². The van der Waals surface area contributed by atoms with Gasteiger partial charge in [-0.15, -0.1) is 0 Å². The van der Waals surface area contributed by atoms with Crippen LogP contribution in [-0.4, -0.2) is 51.0 Å². The van der Waals surface area contributed by atoms with Crippen molar-refractivity contribution >= 4 is 15.9 Å². The second-order valence-electron chi connectivity index (χ2n) is 6.00. The first-order valence-corrected chi connectivity index (χ1v) is 9.65. The number of hydroxylamine groups is 1. The molecule has 1 aliphatic carbocycles. The van der Waals surface area contributed by atoms with Crippen LogP contribution < -0.4 is 5.48 Å². The number of sulfonamides is 1. The fourth-order valence-electron chi connectivity index (χ4n) is 2.92. The monoisotopic (exact) mass is 354 g/mol. The number of carbonyl (C=O) groups is 1. The summed E-state index contributed by atoms with van der Waals surface area (Å²) in [6, 6.07) is 5.91. The van der Waals surface area contributed by atoms with Crippen LogP contribution in [0.5, 0.6) is 0 Å². The lowest BCUT2D eigenvalue weighted by Crippen LogP contribution is -2.40. The highest BCUT2D eigenvalue weighted by atomic mass is 32.2. The molecule has 0 aromatic heterocycles. The third kappa shape index (κ3) is 3.94. The summed E-state index contributed by atoms with van der Waals surface area (Å²) >= 11 is 0. The Morgan fingerprint density at radius 1 is 1.12 bits per heavy atom. The Hall–Kier alpha value is -1.48. The van der Waals surface area contributed by atoms with Gasteiger partial charge in [-0.1, -0.05) is 12.8 Å². The fourth-order valence-corrected chi connectivity index (χ4v) is 4.32. The van der Waals surface area contributed by atoms with Crippen LogP contribution in [0.4, 0.5) is 0 Å². The third-order valence-electron chi connectivity index (χ3n) is 4.34. The maximum atomic E-state index is 12.5. The smallest absolute Gasteiger partial charge is 0.274 e. The molecule has 1 saturated carbocycles. The topological polar surface area (TPSA) is 84.9 Å². The van der Waals surface area contributed by atoms with Crippen LogP contribution in [0.2, 0.25) is 0 Å². The average Bonchev–Trinajstić information content (AvgIpc) is 3.14. The number of hydrogen-bond donors (Lipinski definition) is 1. The summed E-state index contributed by atoms with van der Waals surface area (Å²) < 4.78 is 31.6. The molecule has 1 saturated heterocycles. The van der Waals surface area contributed by atoms with Gasteiger partial charge < -0.3 is 4.74 Å². The summed E-state index contributed by atoms with van der Waals surface area (Å²) in [5.41, 5.74) is 2.82. The molecule has 1 aromatic carbocycles. The maximum absolute atomic E-state index is 12.5. The number of nitrogens with zero attached hydrogens (tertiary/aromatic N) is 1. The van der Waals surface area contributed by atoms with Crippen LogP contribution in [0.25, 0.3) is 0 Å². The van der Waals surface area contributed by atoms with Gasteiger partial charge in [0.2, 0.25) is 10.0 Å². The van der Waals surface area contributed by atoms with Crippen molar-refractivity contribution in [2.45, 2.75) is 36.7 Å². The van der Waals surface area contributed by atoms with Gasteiger partial charge in [0.05, 0.1) is 24.2 Å². The predicted octanol–water partition coefficient (Wildman–Crippen LogP) is 1.31. The molecule has 132 valence electrons. The van der Waals surface area contributed by atoms with Crippen LogP contribution >= 0.6 is 0 Å². The normalized spacial score (nSPS) is 20.2. The number of amides is 1. The molecule has 1 aromatic rings. The summed E-state index contributed by atoms with van der Waals surface area (Å²) in [6.45, 7) is 1.50. The zero-order valence-electron chi connectivity index (χ0n) is 13.4. The van der Waals surface area contributed by atoms with E-state index >= 15 is 0 Å². The maximum Gasteiger partial charge on any atom is 0.274 e. The van der Waals surface area contributed by atoms with Gasteiger partial charge in [0.15, 0.2) is 0 Å². The average molecular weight is 354 g/mol. The Morgan fingerprint density at radius 2 is 1.75 bits per heavy atom. The summed E-state index contributed by atoms with van der Waals surface area (Å²) in [7, 11) is -3.54. The van der Waals surface area contributed by atoms with Crippen LogP contribution in [-0.2, 0) is 19.6 Å². The molecular formula is C16H22N2O5S. The van der Waals surface area contributed by atoms with Crippen molar-refractivity contribution in [3.05, 3.63) is 29.8 Å². The minimum absolute atomic E-state index is 0.0786. The number of ether oxygens (including phenoxy) is 1. The van der Waals surface area contributed by atoms with E-state index in [9.17, 15) is 13.2 Å². The Balaban J connectivity index is 1.62. The number of rotatable bonds is 5. The largest absolute Gasteiger partial charge is 0.379 e. The van der Waals surface area contributed by atoms with Crippen LogP contribution in [0.15, 0.2) is 29.2 Å². The molecule has 1 amide bonds. The molecule has 0 unspecified atom stereocenters. The molecule has 1 N–H and O–H groups in total. The molecule has 24 heavy (non-hydrogen) atoms. The molecule has 3 rings (SSSR count). The summed E-state index contributed by atoms with van der Waals surface area (Å²) in [6.07, 6.45) is 4.23. The van der Waals surface area contributed by atoms with E-state index in [1.54, 1.807) is 0 Å². The summed E-state index contributed by atoms with van der Waals surface area (Å²) in [4.78, 5) is 17.6. The number of carbonyl (C=O) groups excluding carboxylic acids is 1. The van der Waals surface area contributed by atoms with E-state index in [-0.39, 0.29) is 16.9 Å². The highest BCUT2D eigenvalue weighted by Crippen LogP contribution is 2.20. The summed E-state index contributed by atoms with van der Waals surface area (Å²) in [5, 5.41) is 0. The van der Waals surface area contributed by atoms with Gasteiger partial charge >= 0.3 is 0 Å². The highest BCUT2D eigenvalue weighted by Gasteiger charge is 2.26. The number of benzene rings is 1. The Kier molecular flexibility index (Phi) is 5.50. The first-order valence-electron chi connectivity index (χ1n) is 8.21. The molecular weight excluding hydrogens is 332 g/mol. The minimum Gasteiger partial charge on any atom is -0.379 e. The van der Waals surface area contributed by atoms with Gasteiger partial charge in [0.25, 0.3) is 5.91 Å². The lowest BCUT2D eigenvalue weighted by Gasteiger charge is -2.26. The zero-order valence-corrected chi connectivity index (χ0v) is 14.3. The van der Waals surface area contributed by atoms with E-state index in [0.29, 0.717) is 31.9 Å². The van der Waals surface area contributed by atoms with E-state index in [1.807, 2.05) is 0 Å². The van der Waals surface area contributed by atoms with Crippen molar-refractivity contribution in [2.75, 3.05) is 26.3 Å². The van der Waals surface area contributed by atoms with Crippen LogP contribution in [0, 0.1) is 0 Å². The van der Waals surface area contributed by atoms with E-state index < -0.39 is 10.0 Å². The molecule has 0 spiro atoms. The van der Waals surface area contributed by atoms with Gasteiger partial charge in [0.1, 0.15) is 0 Å². The molecule has 8 heteroatoms. The third-order valence-corrected chi connectivity index (χ3v) is 6.26. The van der Waals surface area contributed by atoms with Gasteiger partial charge in [0, 0.05) is 18.7 Å². The van der Waals surface area contributed by atoms with E-state index in [2.05, 4.69) is 5.48 Å². The van der Waals surface area contributed by atoms with Gasteiger partial charge in [-0.2, -0.15) is 4.31 Å². The van der Waals surface area contributed by atoms with Gasteiger partial charge in [-0.05, 0) is 37.1 Å². The molecule has 1 heterocycles. The lowest BCUT2D eigenvalue weighted by atomic mass is 10.2. The second-order valence-corrected chi connectivity index (χ2v) is 7.93. The lowest BCUT2D eigenvalue weighted by molar-refractivity contribution is -0.0124. The zero-order chi connectivity index (χ0) is 17.0. The Bertz CT molecular complexity index is 662. The highest BCUT2D eigenvalue weighted by molar-refractivity contribution is 7.89. The van der Waals surface area contributed by atoms with Crippen LogP contribution in [0.3, 0.4) is 0 Å². The van der Waals surface area contributed by atoms with Gasteiger partial charge in [-0.25, -0.2) is 13.9 Å². The van der Waals surface area contributed by atoms with Crippen molar-refractivity contribution in [1.82, 2.24) is 9.79 Å². The molecule has 0 bridgehead atoms.